The molecule has 0 unspecified atom stereocenters. The summed E-state index contributed by atoms with van der Waals surface area (Å²) in [4.78, 5) is 11.4. The van der Waals surface area contributed by atoms with E-state index in [2.05, 4.69) is 15.4 Å². The van der Waals surface area contributed by atoms with Crippen molar-refractivity contribution in [3.05, 3.63) is 16.5 Å². The fourth-order valence-corrected chi connectivity index (χ4v) is 3.49. The van der Waals surface area contributed by atoms with E-state index in [1.54, 1.807) is 12.1 Å². The Bertz CT molecular complexity index is 571. The van der Waals surface area contributed by atoms with Crippen molar-refractivity contribution in [1.82, 2.24) is 15.4 Å². The first-order chi connectivity index (χ1) is 9.44. The highest BCUT2D eigenvalue weighted by Gasteiger charge is 2.22. The highest BCUT2D eigenvalue weighted by atomic mass is 35.5. The fraction of sp³-hybridized carbons (Fsp3) is 0.500. The largest absolute Gasteiger partial charge is 0.413 e. The van der Waals surface area contributed by atoms with Gasteiger partial charge < -0.3 is 15.4 Å². The van der Waals surface area contributed by atoms with E-state index < -0.39 is 16.1 Å². The Hall–Kier alpha value is -0.870. The summed E-state index contributed by atoms with van der Waals surface area (Å²) in [5, 5.41) is 5.69. The summed E-state index contributed by atoms with van der Waals surface area (Å²) in [5.41, 5.74) is 0. The molecule has 7 nitrogen and oxygen atoms in total. The van der Waals surface area contributed by atoms with Crippen LogP contribution in [0.3, 0.4) is 0 Å². The SMILES string of the molecule is O=C(NCCS(=O)(=O)NC1CNC1)Oc1ccc(Cl)s1. The molecule has 3 N–H and O–H groups in total. The minimum atomic E-state index is -3.38. The van der Waals surface area contributed by atoms with Crippen LogP contribution in [0.5, 0.6) is 5.06 Å². The van der Waals surface area contributed by atoms with E-state index in [9.17, 15) is 13.2 Å². The van der Waals surface area contributed by atoms with Crippen LogP contribution in [-0.2, 0) is 10.0 Å². The van der Waals surface area contributed by atoms with Gasteiger partial charge in [-0.1, -0.05) is 22.9 Å². The third-order valence-electron chi connectivity index (χ3n) is 2.51. The zero-order valence-corrected chi connectivity index (χ0v) is 12.8. The lowest BCUT2D eigenvalue weighted by molar-refractivity contribution is 0.202. The Kier molecular flexibility index (Phi) is 5.22. The lowest BCUT2D eigenvalue weighted by atomic mass is 10.2. The first kappa shape index (κ1) is 15.5. The summed E-state index contributed by atoms with van der Waals surface area (Å²) < 4.78 is 31.2. The molecule has 10 heteroatoms. The van der Waals surface area contributed by atoms with Crippen molar-refractivity contribution >= 4 is 39.1 Å². The van der Waals surface area contributed by atoms with E-state index in [1.165, 1.54) is 0 Å². The smallest absolute Gasteiger partial charge is 0.399 e. The number of nitrogens with one attached hydrogen (secondary N) is 3. The molecule has 2 rings (SSSR count). The van der Waals surface area contributed by atoms with Gasteiger partial charge in [0.2, 0.25) is 10.0 Å². The molecule has 1 aromatic heterocycles. The van der Waals surface area contributed by atoms with Gasteiger partial charge in [0.1, 0.15) is 0 Å². The number of hydrogen-bond donors (Lipinski definition) is 3. The summed E-state index contributed by atoms with van der Waals surface area (Å²) in [5.74, 6) is -0.191. The van der Waals surface area contributed by atoms with Gasteiger partial charge in [-0.15, -0.1) is 0 Å². The van der Waals surface area contributed by atoms with Crippen molar-refractivity contribution in [2.45, 2.75) is 6.04 Å². The minimum Gasteiger partial charge on any atom is -0.399 e. The second kappa shape index (κ2) is 6.72. The zero-order chi connectivity index (χ0) is 14.6. The van der Waals surface area contributed by atoms with Gasteiger partial charge in [-0.3, -0.25) is 0 Å². The normalized spacial score (nSPS) is 15.7. The van der Waals surface area contributed by atoms with E-state index >= 15 is 0 Å². The maximum absolute atomic E-state index is 11.6. The number of amides is 1. The van der Waals surface area contributed by atoms with Gasteiger partial charge in [-0.05, 0) is 12.1 Å². The number of sulfonamides is 1. The molecule has 0 radical (unpaired) electrons. The van der Waals surface area contributed by atoms with Gasteiger partial charge >= 0.3 is 6.09 Å². The molecule has 0 aromatic carbocycles. The predicted octanol–water partition coefficient (Wildman–Crippen LogP) is 0.381. The topological polar surface area (TPSA) is 96.5 Å². The molecule has 20 heavy (non-hydrogen) atoms. The van der Waals surface area contributed by atoms with Gasteiger partial charge in [0.15, 0.2) is 5.06 Å². The van der Waals surface area contributed by atoms with Gasteiger partial charge in [-0.2, -0.15) is 0 Å². The van der Waals surface area contributed by atoms with E-state index in [0.717, 1.165) is 11.3 Å². The number of rotatable bonds is 6. The first-order valence-corrected chi connectivity index (χ1v) is 8.71. The van der Waals surface area contributed by atoms with Crippen molar-refractivity contribution in [3.63, 3.8) is 0 Å². The maximum Gasteiger partial charge on any atom is 0.413 e. The van der Waals surface area contributed by atoms with E-state index in [1.807, 2.05) is 0 Å². The first-order valence-electron chi connectivity index (χ1n) is 5.86. The third kappa shape index (κ3) is 4.91. The quantitative estimate of drug-likeness (QED) is 0.696. The molecule has 1 amide bonds. The second-order valence-corrected chi connectivity index (χ2v) is 7.72. The Labute approximate surface area is 125 Å². The molecule has 112 valence electrons. The predicted molar refractivity (Wildman–Crippen MR) is 76.9 cm³/mol. The average Bonchev–Trinajstić information content (AvgIpc) is 2.69. The zero-order valence-electron chi connectivity index (χ0n) is 10.4. The lowest BCUT2D eigenvalue weighted by Gasteiger charge is -2.27. The van der Waals surface area contributed by atoms with Crippen LogP contribution in [0.4, 0.5) is 4.79 Å². The Morgan fingerprint density at radius 3 is 2.80 bits per heavy atom. The van der Waals surface area contributed by atoms with Gasteiger partial charge in [0, 0.05) is 25.7 Å². The number of hydrogen-bond acceptors (Lipinski definition) is 6. The Morgan fingerprint density at radius 1 is 1.50 bits per heavy atom. The molecule has 1 aromatic rings. The summed E-state index contributed by atoms with van der Waals surface area (Å²) in [6.07, 6.45) is -0.705. The van der Waals surface area contributed by atoms with Crippen LogP contribution in [0.2, 0.25) is 4.34 Å². The highest BCUT2D eigenvalue weighted by molar-refractivity contribution is 7.89. The van der Waals surface area contributed by atoms with Crippen LogP contribution < -0.4 is 20.1 Å². The molecule has 1 fully saturated rings. The number of thiophene rings is 1. The molecule has 0 aliphatic carbocycles. The fourth-order valence-electron chi connectivity index (χ4n) is 1.45. The minimum absolute atomic E-state index is 0.0204. The van der Waals surface area contributed by atoms with Crippen LogP contribution in [0.1, 0.15) is 0 Å². The van der Waals surface area contributed by atoms with Crippen molar-refractivity contribution in [1.29, 1.82) is 0 Å². The standard InChI is InChI=1S/C10H14ClN3O4S2/c11-8-1-2-9(19-8)18-10(15)13-3-4-20(16,17)14-7-5-12-6-7/h1-2,7,12,14H,3-6H2,(H,13,15). The van der Waals surface area contributed by atoms with E-state index in [-0.39, 0.29) is 18.3 Å². The number of carbonyl (C=O) groups excluding carboxylic acids is 1. The van der Waals surface area contributed by atoms with Gasteiger partial charge in [0.25, 0.3) is 0 Å². The molecule has 1 saturated heterocycles. The maximum atomic E-state index is 11.6. The van der Waals surface area contributed by atoms with E-state index in [4.69, 9.17) is 16.3 Å². The molecule has 1 aliphatic rings. The van der Waals surface area contributed by atoms with Crippen LogP contribution in [-0.4, -0.2) is 45.9 Å². The average molecular weight is 340 g/mol. The molecule has 0 spiro atoms. The summed E-state index contributed by atoms with van der Waals surface area (Å²) in [6.45, 7) is 1.25. The number of ether oxygens (including phenoxy) is 1. The third-order valence-corrected chi connectivity index (χ3v) is 5.05. The second-order valence-electron chi connectivity index (χ2n) is 4.17. The number of halogens is 1. The molecule has 2 heterocycles. The molecule has 0 saturated carbocycles. The Morgan fingerprint density at radius 2 is 2.25 bits per heavy atom. The Balaban J connectivity index is 1.68. The molecular formula is C10H14ClN3O4S2. The van der Waals surface area contributed by atoms with Crippen LogP contribution in [0, 0.1) is 0 Å². The summed E-state index contributed by atoms with van der Waals surface area (Å²) in [6, 6.07) is 3.12. The van der Waals surface area contributed by atoms with Crippen LogP contribution in [0.15, 0.2) is 12.1 Å². The van der Waals surface area contributed by atoms with Crippen LogP contribution in [0.25, 0.3) is 0 Å². The van der Waals surface area contributed by atoms with Gasteiger partial charge in [0.05, 0.1) is 10.1 Å². The van der Waals surface area contributed by atoms with E-state index in [0.29, 0.717) is 22.5 Å². The van der Waals surface area contributed by atoms with Gasteiger partial charge in [-0.25, -0.2) is 17.9 Å². The molecule has 0 atom stereocenters. The molecule has 1 aliphatic heterocycles. The van der Waals surface area contributed by atoms with Crippen molar-refractivity contribution < 1.29 is 17.9 Å². The van der Waals surface area contributed by atoms with Crippen LogP contribution >= 0.6 is 22.9 Å². The summed E-state index contributed by atoms with van der Waals surface area (Å²) in [7, 11) is -3.38. The molecular weight excluding hydrogens is 326 g/mol. The number of carbonyl (C=O) groups is 1. The van der Waals surface area contributed by atoms with Crippen molar-refractivity contribution in [2.75, 3.05) is 25.4 Å². The van der Waals surface area contributed by atoms with Crippen molar-refractivity contribution in [3.8, 4) is 5.06 Å². The monoisotopic (exact) mass is 339 g/mol. The molecule has 0 bridgehead atoms. The highest BCUT2D eigenvalue weighted by Crippen LogP contribution is 2.28. The summed E-state index contributed by atoms with van der Waals surface area (Å²) >= 11 is 6.81. The lowest BCUT2D eigenvalue weighted by Crippen LogP contribution is -2.57. The van der Waals surface area contributed by atoms with Crippen molar-refractivity contribution in [2.24, 2.45) is 0 Å².